The third kappa shape index (κ3) is 4.03. The van der Waals surface area contributed by atoms with E-state index in [0.717, 1.165) is 0 Å². The van der Waals surface area contributed by atoms with Gasteiger partial charge in [-0.05, 0) is 35.9 Å². The SMILES string of the molecule is C[C@H]([NH2+]CC(=O)Nc1cccc(C#N)c1)c1cccc2ccccc12. The number of nitrogens with one attached hydrogen (secondary N) is 1. The van der Waals surface area contributed by atoms with E-state index >= 15 is 0 Å². The number of quaternary nitrogens is 1. The molecule has 0 aliphatic rings. The third-order valence-corrected chi connectivity index (χ3v) is 4.25. The van der Waals surface area contributed by atoms with Crippen LogP contribution in [0.3, 0.4) is 0 Å². The lowest BCUT2D eigenvalue weighted by atomic mass is 10.00. The highest BCUT2D eigenvalue weighted by Gasteiger charge is 2.14. The van der Waals surface area contributed by atoms with Gasteiger partial charge in [0.1, 0.15) is 6.04 Å². The van der Waals surface area contributed by atoms with Gasteiger partial charge < -0.3 is 10.6 Å². The summed E-state index contributed by atoms with van der Waals surface area (Å²) in [6, 6.07) is 23.7. The van der Waals surface area contributed by atoms with Crippen molar-refractivity contribution in [2.24, 2.45) is 0 Å². The van der Waals surface area contributed by atoms with Gasteiger partial charge in [0, 0.05) is 11.3 Å². The van der Waals surface area contributed by atoms with E-state index < -0.39 is 0 Å². The molecule has 0 saturated carbocycles. The van der Waals surface area contributed by atoms with E-state index in [0.29, 0.717) is 17.8 Å². The van der Waals surface area contributed by atoms with E-state index in [1.165, 1.54) is 16.3 Å². The number of nitriles is 1. The molecule has 0 heterocycles. The van der Waals surface area contributed by atoms with Gasteiger partial charge in [0.2, 0.25) is 0 Å². The van der Waals surface area contributed by atoms with Crippen molar-refractivity contribution in [2.75, 3.05) is 11.9 Å². The van der Waals surface area contributed by atoms with Gasteiger partial charge in [0.15, 0.2) is 6.54 Å². The fourth-order valence-corrected chi connectivity index (χ4v) is 2.94. The summed E-state index contributed by atoms with van der Waals surface area (Å²) in [5.74, 6) is -0.0813. The maximum Gasteiger partial charge on any atom is 0.279 e. The van der Waals surface area contributed by atoms with Gasteiger partial charge in [0.05, 0.1) is 11.6 Å². The molecule has 0 aliphatic carbocycles. The number of hydrogen-bond donors (Lipinski definition) is 2. The fourth-order valence-electron chi connectivity index (χ4n) is 2.94. The summed E-state index contributed by atoms with van der Waals surface area (Å²) in [6.07, 6.45) is 0. The van der Waals surface area contributed by atoms with Crippen molar-refractivity contribution in [3.05, 3.63) is 77.9 Å². The first-order valence-electron chi connectivity index (χ1n) is 8.28. The molecule has 0 bridgehead atoms. The first kappa shape index (κ1) is 16.7. The molecule has 3 N–H and O–H groups in total. The second-order valence-electron chi connectivity index (χ2n) is 6.04. The monoisotopic (exact) mass is 330 g/mol. The lowest BCUT2D eigenvalue weighted by molar-refractivity contribution is -0.682. The minimum atomic E-state index is -0.0813. The van der Waals surface area contributed by atoms with Crippen LogP contribution in [0.4, 0.5) is 5.69 Å². The Balaban J connectivity index is 1.64. The molecule has 0 aliphatic heterocycles. The molecule has 0 aromatic heterocycles. The average Bonchev–Trinajstić information content (AvgIpc) is 2.65. The zero-order chi connectivity index (χ0) is 17.6. The molecule has 25 heavy (non-hydrogen) atoms. The lowest BCUT2D eigenvalue weighted by Crippen LogP contribution is -2.86. The molecule has 124 valence electrons. The van der Waals surface area contributed by atoms with Gasteiger partial charge in [-0.1, -0.05) is 48.5 Å². The minimum Gasteiger partial charge on any atom is -0.332 e. The highest BCUT2D eigenvalue weighted by molar-refractivity contribution is 5.91. The molecule has 0 unspecified atom stereocenters. The average molecular weight is 330 g/mol. The molecule has 0 spiro atoms. The van der Waals surface area contributed by atoms with E-state index in [2.05, 4.69) is 48.6 Å². The summed E-state index contributed by atoms with van der Waals surface area (Å²) in [5, 5.41) is 16.2. The van der Waals surface area contributed by atoms with E-state index in [1.807, 2.05) is 17.4 Å². The third-order valence-electron chi connectivity index (χ3n) is 4.25. The quantitative estimate of drug-likeness (QED) is 0.755. The summed E-state index contributed by atoms with van der Waals surface area (Å²) in [4.78, 5) is 12.2. The molecule has 3 rings (SSSR count). The standard InChI is InChI=1S/C21H19N3O/c1-15(19-11-5-8-17-7-2-3-10-20(17)19)23-14-21(25)24-18-9-4-6-16(12-18)13-22/h2-12,15,23H,14H2,1H3,(H,24,25)/p+1/t15-/m0/s1. The Morgan fingerprint density at radius 2 is 1.88 bits per heavy atom. The zero-order valence-corrected chi connectivity index (χ0v) is 14.1. The highest BCUT2D eigenvalue weighted by Crippen LogP contribution is 2.22. The van der Waals surface area contributed by atoms with Crippen molar-refractivity contribution in [2.45, 2.75) is 13.0 Å². The molecule has 1 amide bonds. The summed E-state index contributed by atoms with van der Waals surface area (Å²) in [6.45, 7) is 2.42. The summed E-state index contributed by atoms with van der Waals surface area (Å²) in [5.41, 5.74) is 2.40. The number of amides is 1. The number of hydrogen-bond acceptors (Lipinski definition) is 2. The molecule has 0 saturated heterocycles. The minimum absolute atomic E-state index is 0.0813. The number of carbonyl (C=O) groups excluding carboxylic acids is 1. The predicted molar refractivity (Wildman–Crippen MR) is 98.9 cm³/mol. The predicted octanol–water partition coefficient (Wildman–Crippen LogP) is 2.97. The Labute approximate surface area is 147 Å². The van der Waals surface area contributed by atoms with Gasteiger partial charge >= 0.3 is 0 Å². The van der Waals surface area contributed by atoms with E-state index in [4.69, 9.17) is 5.26 Å². The van der Waals surface area contributed by atoms with Crippen LogP contribution in [0.15, 0.2) is 66.7 Å². The molecule has 4 heteroatoms. The lowest BCUT2D eigenvalue weighted by Gasteiger charge is -2.13. The van der Waals surface area contributed by atoms with Crippen molar-refractivity contribution >= 4 is 22.4 Å². The summed E-state index contributed by atoms with van der Waals surface area (Å²) >= 11 is 0. The van der Waals surface area contributed by atoms with E-state index in [-0.39, 0.29) is 11.9 Å². The van der Waals surface area contributed by atoms with Crippen LogP contribution < -0.4 is 10.6 Å². The van der Waals surface area contributed by atoms with Crippen molar-refractivity contribution in [1.82, 2.24) is 0 Å². The first-order valence-corrected chi connectivity index (χ1v) is 8.28. The number of carbonyl (C=O) groups is 1. The van der Waals surface area contributed by atoms with Crippen molar-refractivity contribution in [3.8, 4) is 6.07 Å². The molecule has 3 aromatic carbocycles. The van der Waals surface area contributed by atoms with Crippen LogP contribution in [0.25, 0.3) is 10.8 Å². The Morgan fingerprint density at radius 1 is 1.12 bits per heavy atom. The molecule has 3 aromatic rings. The van der Waals surface area contributed by atoms with E-state index in [9.17, 15) is 4.79 Å². The van der Waals surface area contributed by atoms with Gasteiger partial charge in [0.25, 0.3) is 5.91 Å². The van der Waals surface area contributed by atoms with Crippen LogP contribution in [-0.2, 0) is 4.79 Å². The second kappa shape index (κ2) is 7.61. The number of benzene rings is 3. The summed E-state index contributed by atoms with van der Waals surface area (Å²) in [7, 11) is 0. The molecular formula is C21H20N3O+. The van der Waals surface area contributed by atoms with Crippen molar-refractivity contribution in [3.63, 3.8) is 0 Å². The normalized spacial score (nSPS) is 11.7. The van der Waals surface area contributed by atoms with Crippen LogP contribution in [0, 0.1) is 11.3 Å². The Bertz CT molecular complexity index is 938. The van der Waals surface area contributed by atoms with E-state index in [1.54, 1.807) is 24.3 Å². The van der Waals surface area contributed by atoms with Crippen LogP contribution in [0.1, 0.15) is 24.1 Å². The van der Waals surface area contributed by atoms with Crippen molar-refractivity contribution < 1.29 is 10.1 Å². The topological polar surface area (TPSA) is 69.5 Å². The molecule has 4 nitrogen and oxygen atoms in total. The zero-order valence-electron chi connectivity index (χ0n) is 14.1. The molecular weight excluding hydrogens is 310 g/mol. The first-order chi connectivity index (χ1) is 12.2. The molecule has 0 fully saturated rings. The number of rotatable bonds is 5. The van der Waals surface area contributed by atoms with Crippen LogP contribution in [0.2, 0.25) is 0 Å². The number of fused-ring (bicyclic) bond motifs is 1. The Hall–Kier alpha value is -3.16. The fraction of sp³-hybridized carbons (Fsp3) is 0.143. The van der Waals surface area contributed by atoms with Gasteiger partial charge in [-0.2, -0.15) is 5.26 Å². The van der Waals surface area contributed by atoms with Gasteiger partial charge in [-0.3, -0.25) is 4.79 Å². The molecule has 1 atom stereocenters. The Kier molecular flexibility index (Phi) is 5.08. The van der Waals surface area contributed by atoms with Crippen LogP contribution in [-0.4, -0.2) is 12.5 Å². The second-order valence-corrected chi connectivity index (χ2v) is 6.04. The van der Waals surface area contributed by atoms with Gasteiger partial charge in [-0.15, -0.1) is 0 Å². The van der Waals surface area contributed by atoms with Crippen LogP contribution >= 0.6 is 0 Å². The maximum atomic E-state index is 12.2. The van der Waals surface area contributed by atoms with Crippen molar-refractivity contribution in [1.29, 1.82) is 5.26 Å². The van der Waals surface area contributed by atoms with Crippen LogP contribution in [0.5, 0.6) is 0 Å². The molecule has 0 radical (unpaired) electrons. The number of anilines is 1. The summed E-state index contributed by atoms with van der Waals surface area (Å²) < 4.78 is 0. The maximum absolute atomic E-state index is 12.2. The largest absolute Gasteiger partial charge is 0.332 e. The highest BCUT2D eigenvalue weighted by atomic mass is 16.1. The van der Waals surface area contributed by atoms with Gasteiger partial charge in [-0.25, -0.2) is 0 Å². The number of nitrogens with zero attached hydrogens (tertiary/aromatic N) is 1. The smallest absolute Gasteiger partial charge is 0.279 e. The Morgan fingerprint density at radius 3 is 2.72 bits per heavy atom. The number of nitrogens with two attached hydrogens (primary N) is 1.